The van der Waals surface area contributed by atoms with Crippen LogP contribution < -0.4 is 10.5 Å². The number of nitrogens with two attached hydrogens (primary N) is 1. The first-order valence-electron chi connectivity index (χ1n) is 5.82. The molecule has 0 atom stereocenters. The third-order valence-electron chi connectivity index (χ3n) is 2.61. The maximum atomic E-state index is 5.80. The zero-order chi connectivity index (χ0) is 13.1. The maximum absolute atomic E-state index is 5.80. The predicted molar refractivity (Wildman–Crippen MR) is 72.3 cm³/mol. The number of aromatic nitrogens is 3. The number of para-hydroxylation sites is 3. The SMILES string of the molecule is Nc1ccccc1Oc1ncn(-c2ccccc2)n1. The van der Waals surface area contributed by atoms with Crippen molar-refractivity contribution >= 4 is 5.69 Å². The maximum Gasteiger partial charge on any atom is 0.341 e. The van der Waals surface area contributed by atoms with Gasteiger partial charge in [0.05, 0.1) is 11.4 Å². The molecule has 2 aromatic carbocycles. The number of nitrogen functional groups attached to an aromatic ring is 1. The van der Waals surface area contributed by atoms with Gasteiger partial charge in [-0.25, -0.2) is 4.68 Å². The van der Waals surface area contributed by atoms with Crippen molar-refractivity contribution in [3.05, 3.63) is 60.9 Å². The van der Waals surface area contributed by atoms with Crippen molar-refractivity contribution in [3.8, 4) is 17.4 Å². The summed E-state index contributed by atoms with van der Waals surface area (Å²) in [6, 6.07) is 17.2. The Morgan fingerprint density at radius 1 is 0.947 bits per heavy atom. The molecule has 19 heavy (non-hydrogen) atoms. The third-order valence-corrected chi connectivity index (χ3v) is 2.61. The minimum atomic E-state index is 0.266. The smallest absolute Gasteiger partial charge is 0.341 e. The van der Waals surface area contributed by atoms with Crippen molar-refractivity contribution in [3.63, 3.8) is 0 Å². The van der Waals surface area contributed by atoms with Gasteiger partial charge in [-0.2, -0.15) is 4.98 Å². The number of nitrogens with zero attached hydrogens (tertiary/aromatic N) is 3. The van der Waals surface area contributed by atoms with Crippen LogP contribution in [-0.4, -0.2) is 14.8 Å². The van der Waals surface area contributed by atoms with Crippen LogP contribution in [0.5, 0.6) is 11.8 Å². The molecule has 0 saturated carbocycles. The Kier molecular flexibility index (Phi) is 2.86. The summed E-state index contributed by atoms with van der Waals surface area (Å²) in [6.45, 7) is 0. The number of anilines is 1. The van der Waals surface area contributed by atoms with E-state index in [-0.39, 0.29) is 6.01 Å². The van der Waals surface area contributed by atoms with Gasteiger partial charge in [-0.15, -0.1) is 5.10 Å². The van der Waals surface area contributed by atoms with E-state index in [1.807, 2.05) is 42.5 Å². The standard InChI is InChI=1S/C14H12N4O/c15-12-8-4-5-9-13(12)19-14-16-10-18(17-14)11-6-2-1-3-7-11/h1-10H,15H2. The topological polar surface area (TPSA) is 66.0 Å². The molecule has 2 N–H and O–H groups in total. The van der Waals surface area contributed by atoms with Crippen LogP contribution in [-0.2, 0) is 0 Å². The zero-order valence-corrected chi connectivity index (χ0v) is 10.1. The van der Waals surface area contributed by atoms with Crippen LogP contribution in [0.3, 0.4) is 0 Å². The van der Waals surface area contributed by atoms with Gasteiger partial charge in [-0.1, -0.05) is 30.3 Å². The van der Waals surface area contributed by atoms with E-state index in [4.69, 9.17) is 10.5 Å². The van der Waals surface area contributed by atoms with Crippen molar-refractivity contribution in [2.75, 3.05) is 5.73 Å². The Morgan fingerprint density at radius 2 is 1.68 bits per heavy atom. The molecule has 0 fully saturated rings. The molecule has 0 bridgehead atoms. The number of benzene rings is 2. The minimum absolute atomic E-state index is 0.266. The van der Waals surface area contributed by atoms with Crippen molar-refractivity contribution in [2.24, 2.45) is 0 Å². The van der Waals surface area contributed by atoms with Gasteiger partial charge >= 0.3 is 6.01 Å². The first-order valence-corrected chi connectivity index (χ1v) is 5.82. The number of ether oxygens (including phenoxy) is 1. The van der Waals surface area contributed by atoms with E-state index in [1.54, 1.807) is 23.1 Å². The highest BCUT2D eigenvalue weighted by atomic mass is 16.5. The van der Waals surface area contributed by atoms with Crippen LogP contribution in [0.25, 0.3) is 5.69 Å². The first-order chi connectivity index (χ1) is 9.33. The lowest BCUT2D eigenvalue weighted by Gasteiger charge is -2.03. The van der Waals surface area contributed by atoms with Crippen molar-refractivity contribution in [1.82, 2.24) is 14.8 Å². The molecule has 1 heterocycles. The second-order valence-corrected chi connectivity index (χ2v) is 3.95. The molecule has 0 amide bonds. The molecule has 5 heteroatoms. The van der Waals surface area contributed by atoms with Crippen LogP contribution >= 0.6 is 0 Å². The van der Waals surface area contributed by atoms with Gasteiger partial charge in [0.15, 0.2) is 5.75 Å². The Balaban J connectivity index is 1.85. The highest BCUT2D eigenvalue weighted by Crippen LogP contribution is 2.24. The van der Waals surface area contributed by atoms with Gasteiger partial charge in [-0.05, 0) is 24.3 Å². The summed E-state index contributed by atoms with van der Waals surface area (Å²) < 4.78 is 7.19. The molecule has 0 aliphatic carbocycles. The average molecular weight is 252 g/mol. The second-order valence-electron chi connectivity index (χ2n) is 3.95. The van der Waals surface area contributed by atoms with Crippen LogP contribution in [0.1, 0.15) is 0 Å². The molecular weight excluding hydrogens is 240 g/mol. The largest absolute Gasteiger partial charge is 0.421 e. The molecule has 0 aliphatic heterocycles. The summed E-state index contributed by atoms with van der Waals surface area (Å²) in [4.78, 5) is 4.10. The van der Waals surface area contributed by atoms with Crippen LogP contribution in [0, 0.1) is 0 Å². The summed E-state index contributed by atoms with van der Waals surface area (Å²) in [6.07, 6.45) is 1.60. The lowest BCUT2D eigenvalue weighted by molar-refractivity contribution is 0.443. The summed E-state index contributed by atoms with van der Waals surface area (Å²) in [5, 5.41) is 4.24. The van der Waals surface area contributed by atoms with E-state index in [1.165, 1.54) is 0 Å². The lowest BCUT2D eigenvalue weighted by Crippen LogP contribution is -1.96. The summed E-state index contributed by atoms with van der Waals surface area (Å²) in [5.74, 6) is 0.549. The number of hydrogen-bond acceptors (Lipinski definition) is 4. The average Bonchev–Trinajstić information content (AvgIpc) is 2.91. The van der Waals surface area contributed by atoms with E-state index in [2.05, 4.69) is 10.1 Å². The Morgan fingerprint density at radius 3 is 2.47 bits per heavy atom. The van der Waals surface area contributed by atoms with E-state index in [0.29, 0.717) is 11.4 Å². The Labute approximate surface area is 110 Å². The fraction of sp³-hybridized carbons (Fsp3) is 0. The fourth-order valence-electron chi connectivity index (χ4n) is 1.67. The summed E-state index contributed by atoms with van der Waals surface area (Å²) in [7, 11) is 0. The zero-order valence-electron chi connectivity index (χ0n) is 10.1. The number of rotatable bonds is 3. The molecule has 0 aliphatic rings. The van der Waals surface area contributed by atoms with Crippen LogP contribution in [0.4, 0.5) is 5.69 Å². The van der Waals surface area contributed by atoms with Crippen molar-refractivity contribution in [1.29, 1.82) is 0 Å². The van der Waals surface area contributed by atoms with Crippen molar-refractivity contribution < 1.29 is 4.74 Å². The van der Waals surface area contributed by atoms with Gasteiger partial charge in [0.25, 0.3) is 0 Å². The minimum Gasteiger partial charge on any atom is -0.421 e. The highest BCUT2D eigenvalue weighted by Gasteiger charge is 2.06. The molecule has 5 nitrogen and oxygen atoms in total. The highest BCUT2D eigenvalue weighted by molar-refractivity contribution is 5.52. The second kappa shape index (κ2) is 4.81. The number of hydrogen-bond donors (Lipinski definition) is 1. The quantitative estimate of drug-likeness (QED) is 0.728. The van der Waals surface area contributed by atoms with Gasteiger partial charge in [0.1, 0.15) is 6.33 Å². The monoisotopic (exact) mass is 252 g/mol. The van der Waals surface area contributed by atoms with Crippen LogP contribution in [0.15, 0.2) is 60.9 Å². The van der Waals surface area contributed by atoms with Gasteiger partial charge in [0, 0.05) is 0 Å². The normalized spacial score (nSPS) is 10.3. The Hall–Kier alpha value is -2.82. The first kappa shape index (κ1) is 11.3. The molecule has 3 aromatic rings. The molecule has 0 saturated heterocycles. The molecule has 0 radical (unpaired) electrons. The van der Waals surface area contributed by atoms with E-state index >= 15 is 0 Å². The predicted octanol–water partition coefficient (Wildman–Crippen LogP) is 2.64. The lowest BCUT2D eigenvalue weighted by atomic mass is 10.3. The summed E-state index contributed by atoms with van der Waals surface area (Å²) in [5.41, 5.74) is 7.28. The third kappa shape index (κ3) is 2.40. The van der Waals surface area contributed by atoms with Gasteiger partial charge in [-0.3, -0.25) is 0 Å². The molecule has 0 unspecified atom stereocenters. The van der Waals surface area contributed by atoms with Crippen LogP contribution in [0.2, 0.25) is 0 Å². The molecule has 94 valence electrons. The van der Waals surface area contributed by atoms with E-state index in [0.717, 1.165) is 5.69 Å². The molecular formula is C14H12N4O. The van der Waals surface area contributed by atoms with Gasteiger partial charge < -0.3 is 10.5 Å². The molecule has 0 spiro atoms. The molecule has 1 aromatic heterocycles. The van der Waals surface area contributed by atoms with E-state index in [9.17, 15) is 0 Å². The van der Waals surface area contributed by atoms with E-state index < -0.39 is 0 Å². The summed E-state index contributed by atoms with van der Waals surface area (Å²) >= 11 is 0. The van der Waals surface area contributed by atoms with Crippen molar-refractivity contribution in [2.45, 2.75) is 0 Å². The Bertz CT molecular complexity index is 679. The fourth-order valence-corrected chi connectivity index (χ4v) is 1.67. The van der Waals surface area contributed by atoms with Gasteiger partial charge in [0.2, 0.25) is 0 Å². The molecule has 3 rings (SSSR count).